The van der Waals surface area contributed by atoms with Crippen molar-refractivity contribution in [1.29, 1.82) is 0 Å². The second-order valence-corrected chi connectivity index (χ2v) is 4.97. The molecule has 1 aromatic carbocycles. The summed E-state index contributed by atoms with van der Waals surface area (Å²) in [5, 5.41) is 0. The highest BCUT2D eigenvalue weighted by molar-refractivity contribution is 6.18. The molecule has 1 fully saturated rings. The summed E-state index contributed by atoms with van der Waals surface area (Å²) in [6, 6.07) is -0.0855. The van der Waals surface area contributed by atoms with Gasteiger partial charge >= 0.3 is 5.97 Å². The topological polar surface area (TPSA) is 55.7 Å². The van der Waals surface area contributed by atoms with E-state index in [1.165, 1.54) is 6.92 Å². The summed E-state index contributed by atoms with van der Waals surface area (Å²) in [4.78, 5) is 28.0. The number of aliphatic imine (C=N–C) groups is 1. The first-order chi connectivity index (χ1) is 10.9. The molecule has 1 unspecified atom stereocenters. The van der Waals surface area contributed by atoms with Crippen molar-refractivity contribution in [3.63, 3.8) is 0 Å². The van der Waals surface area contributed by atoms with Crippen LogP contribution in [-0.4, -0.2) is 30.6 Å². The van der Waals surface area contributed by atoms with Gasteiger partial charge in [-0.05, 0) is 19.8 Å². The van der Waals surface area contributed by atoms with Crippen LogP contribution in [0.25, 0.3) is 0 Å². The first-order valence-corrected chi connectivity index (χ1v) is 6.94. The summed E-state index contributed by atoms with van der Waals surface area (Å²) in [5.74, 6) is -11.5. The lowest BCUT2D eigenvalue weighted by atomic mass is 9.97. The maximum atomic E-state index is 13.7. The first kappa shape index (κ1) is 17.1. The number of halogens is 4. The van der Waals surface area contributed by atoms with Gasteiger partial charge in [-0.1, -0.05) is 0 Å². The second-order valence-electron chi connectivity index (χ2n) is 4.97. The Morgan fingerprint density at radius 3 is 2.30 bits per heavy atom. The molecule has 1 aromatic rings. The number of rotatable bonds is 6. The first-order valence-electron chi connectivity index (χ1n) is 6.94. The number of carbonyl (C=O) groups excluding carboxylic acids is 2. The number of ketones is 1. The van der Waals surface area contributed by atoms with Gasteiger partial charge in [-0.3, -0.25) is 14.6 Å². The number of nitrogens with zero attached hydrogens (tertiary/aromatic N) is 1. The molecule has 0 N–H and O–H groups in total. The van der Waals surface area contributed by atoms with Gasteiger partial charge in [-0.15, -0.1) is 0 Å². The quantitative estimate of drug-likeness (QED) is 0.201. The third-order valence-electron chi connectivity index (χ3n) is 3.17. The molecule has 0 saturated heterocycles. The van der Waals surface area contributed by atoms with E-state index < -0.39 is 46.5 Å². The summed E-state index contributed by atoms with van der Waals surface area (Å²) in [5.41, 5.74) is -1.46. The van der Waals surface area contributed by atoms with Crippen LogP contribution in [0.15, 0.2) is 11.1 Å². The highest BCUT2D eigenvalue weighted by Gasteiger charge is 2.34. The zero-order chi connectivity index (χ0) is 17.1. The molecule has 124 valence electrons. The number of ether oxygens (including phenoxy) is 1. The van der Waals surface area contributed by atoms with Crippen LogP contribution in [0.2, 0.25) is 0 Å². The van der Waals surface area contributed by atoms with Crippen LogP contribution < -0.4 is 0 Å². The van der Waals surface area contributed by atoms with E-state index in [1.54, 1.807) is 0 Å². The molecule has 0 aliphatic heterocycles. The number of esters is 1. The molecule has 0 radical (unpaired) electrons. The van der Waals surface area contributed by atoms with E-state index in [0.717, 1.165) is 19.1 Å². The van der Waals surface area contributed by atoms with E-state index >= 15 is 0 Å². The van der Waals surface area contributed by atoms with Gasteiger partial charge < -0.3 is 4.74 Å². The molecule has 1 saturated carbocycles. The lowest BCUT2D eigenvalue weighted by Crippen LogP contribution is -2.30. The van der Waals surface area contributed by atoms with Gasteiger partial charge in [-0.25, -0.2) is 17.6 Å². The van der Waals surface area contributed by atoms with Gasteiger partial charge in [0.1, 0.15) is 0 Å². The molecule has 0 aromatic heterocycles. The molecule has 0 bridgehead atoms. The number of carbonyl (C=O) groups is 2. The highest BCUT2D eigenvalue weighted by Crippen LogP contribution is 2.25. The van der Waals surface area contributed by atoms with Crippen LogP contribution >= 0.6 is 0 Å². The molecule has 4 nitrogen and oxygen atoms in total. The molecule has 0 amide bonds. The number of hydrogen-bond acceptors (Lipinski definition) is 4. The van der Waals surface area contributed by atoms with Crippen molar-refractivity contribution in [2.45, 2.75) is 25.8 Å². The summed E-state index contributed by atoms with van der Waals surface area (Å²) in [6.45, 7) is 1.39. The van der Waals surface area contributed by atoms with Gasteiger partial charge in [0.15, 0.2) is 35.0 Å². The van der Waals surface area contributed by atoms with Gasteiger partial charge in [0, 0.05) is 18.3 Å². The van der Waals surface area contributed by atoms with Crippen LogP contribution in [0.4, 0.5) is 17.6 Å². The number of benzene rings is 1. The summed E-state index contributed by atoms with van der Waals surface area (Å²) in [7, 11) is 0. The SMILES string of the molecule is CCOC(=O)C(C=NC1CC1)C(=O)c1c(F)c(F)cc(F)c1F. The fourth-order valence-corrected chi connectivity index (χ4v) is 1.84. The van der Waals surface area contributed by atoms with Gasteiger partial charge in [0.05, 0.1) is 12.2 Å². The summed E-state index contributed by atoms with van der Waals surface area (Å²) >= 11 is 0. The fraction of sp³-hybridized carbons (Fsp3) is 0.400. The second kappa shape index (κ2) is 6.89. The van der Waals surface area contributed by atoms with Crippen molar-refractivity contribution in [2.75, 3.05) is 6.61 Å². The molecule has 0 spiro atoms. The zero-order valence-corrected chi connectivity index (χ0v) is 12.1. The Hall–Kier alpha value is -2.25. The third-order valence-corrected chi connectivity index (χ3v) is 3.17. The minimum Gasteiger partial charge on any atom is -0.465 e. The maximum absolute atomic E-state index is 13.7. The summed E-state index contributed by atoms with van der Waals surface area (Å²) in [6.07, 6.45) is 2.44. The molecular weight excluding hydrogens is 318 g/mol. The van der Waals surface area contributed by atoms with Crippen molar-refractivity contribution in [1.82, 2.24) is 0 Å². The molecule has 23 heavy (non-hydrogen) atoms. The van der Waals surface area contributed by atoms with Crippen molar-refractivity contribution in [3.05, 3.63) is 34.9 Å². The van der Waals surface area contributed by atoms with E-state index in [1.807, 2.05) is 0 Å². The Morgan fingerprint density at radius 2 is 1.83 bits per heavy atom. The Morgan fingerprint density at radius 1 is 1.26 bits per heavy atom. The van der Waals surface area contributed by atoms with Crippen molar-refractivity contribution in [3.8, 4) is 0 Å². The Labute approximate surface area is 129 Å². The average molecular weight is 331 g/mol. The predicted molar refractivity (Wildman–Crippen MR) is 72.2 cm³/mol. The Bertz CT molecular complexity index is 645. The highest BCUT2D eigenvalue weighted by atomic mass is 19.2. The van der Waals surface area contributed by atoms with Crippen LogP contribution in [0.3, 0.4) is 0 Å². The minimum absolute atomic E-state index is 0.0148. The zero-order valence-electron chi connectivity index (χ0n) is 12.1. The standard InChI is InChI=1S/C15H13F4NO3/c1-2-23-15(22)8(6-20-7-3-4-7)14(21)11-12(18)9(16)5-10(17)13(11)19/h5-8H,2-4H2,1H3. The Balaban J connectivity index is 2.42. The van der Waals surface area contributed by atoms with E-state index in [0.29, 0.717) is 0 Å². The van der Waals surface area contributed by atoms with Gasteiger partial charge in [-0.2, -0.15) is 0 Å². The van der Waals surface area contributed by atoms with Crippen molar-refractivity contribution in [2.24, 2.45) is 10.9 Å². The number of Topliss-reactive ketones (excluding diaryl/α,β-unsaturated/α-hetero) is 1. The van der Waals surface area contributed by atoms with Crippen molar-refractivity contribution < 1.29 is 31.9 Å². The van der Waals surface area contributed by atoms with E-state index in [9.17, 15) is 27.2 Å². The van der Waals surface area contributed by atoms with Crippen molar-refractivity contribution >= 4 is 18.0 Å². The maximum Gasteiger partial charge on any atom is 0.322 e. The van der Waals surface area contributed by atoms with Gasteiger partial charge in [0.2, 0.25) is 0 Å². The van der Waals surface area contributed by atoms with Crippen LogP contribution in [0.5, 0.6) is 0 Å². The lowest BCUT2D eigenvalue weighted by molar-refractivity contribution is -0.143. The molecular formula is C15H13F4NO3. The molecule has 1 aliphatic carbocycles. The molecule has 0 heterocycles. The molecule has 2 rings (SSSR count). The monoisotopic (exact) mass is 331 g/mol. The van der Waals surface area contributed by atoms with E-state index in [4.69, 9.17) is 0 Å². The van der Waals surface area contributed by atoms with Crippen LogP contribution in [-0.2, 0) is 9.53 Å². The van der Waals surface area contributed by atoms with E-state index in [-0.39, 0.29) is 18.7 Å². The lowest BCUT2D eigenvalue weighted by Gasteiger charge is -2.12. The number of hydrogen-bond donors (Lipinski definition) is 0. The summed E-state index contributed by atoms with van der Waals surface area (Å²) < 4.78 is 58.6. The molecule has 1 atom stereocenters. The normalized spacial score (nSPS) is 15.7. The smallest absolute Gasteiger partial charge is 0.322 e. The van der Waals surface area contributed by atoms with Gasteiger partial charge in [0.25, 0.3) is 0 Å². The Kier molecular flexibility index (Phi) is 5.12. The molecule has 1 aliphatic rings. The third kappa shape index (κ3) is 3.75. The average Bonchev–Trinajstić information content (AvgIpc) is 3.30. The minimum atomic E-state index is -1.86. The van der Waals surface area contributed by atoms with Crippen LogP contribution in [0.1, 0.15) is 30.1 Å². The predicted octanol–water partition coefficient (Wildman–Crippen LogP) is 2.84. The van der Waals surface area contributed by atoms with Crippen LogP contribution in [0, 0.1) is 29.2 Å². The fourth-order valence-electron chi connectivity index (χ4n) is 1.84. The van der Waals surface area contributed by atoms with E-state index in [2.05, 4.69) is 9.73 Å². The largest absolute Gasteiger partial charge is 0.465 e. The molecule has 8 heteroatoms.